The molecule has 0 heterocycles. The number of fused-ring (bicyclic) bond motifs is 4. The molecule has 0 fully saturated rings. The summed E-state index contributed by atoms with van der Waals surface area (Å²) in [6.07, 6.45) is 1.50. The van der Waals surface area contributed by atoms with E-state index in [-0.39, 0.29) is 0 Å². The molecule has 0 aliphatic heterocycles. The number of hydrogen-bond acceptors (Lipinski definition) is 6. The molecular formula is C16H14N2O4. The highest BCUT2D eigenvalue weighted by Crippen LogP contribution is 2.54. The SMILES string of the molecule is COc1ccc2c(c1OC)-c1ccccc1-2.N=C=O.N=C=O. The molecule has 0 radical (unpaired) electrons. The lowest BCUT2D eigenvalue weighted by atomic mass is 9.80. The van der Waals surface area contributed by atoms with Gasteiger partial charge >= 0.3 is 0 Å². The maximum atomic E-state index is 8.35. The summed E-state index contributed by atoms with van der Waals surface area (Å²) in [5.41, 5.74) is 4.94. The van der Waals surface area contributed by atoms with Crippen molar-refractivity contribution in [2.45, 2.75) is 0 Å². The monoisotopic (exact) mass is 298 g/mol. The second-order valence-electron chi connectivity index (χ2n) is 3.97. The largest absolute Gasteiger partial charge is 0.493 e. The van der Waals surface area contributed by atoms with E-state index in [1.54, 1.807) is 14.2 Å². The zero-order chi connectivity index (χ0) is 16.5. The number of hydrogen-bond donors (Lipinski definition) is 2. The van der Waals surface area contributed by atoms with Crippen LogP contribution in [0.4, 0.5) is 0 Å². The molecule has 112 valence electrons. The first-order valence-electron chi connectivity index (χ1n) is 6.12. The quantitative estimate of drug-likeness (QED) is 0.560. The lowest BCUT2D eigenvalue weighted by Crippen LogP contribution is -2.02. The number of carbonyl (C=O) groups excluding carboxylic acids is 2. The standard InChI is InChI=1S/C14H12O2.2CHNO/c1-15-12-8-7-11-9-5-3-4-6-10(9)13(11)14(12)16-2;2*2-1-3/h3-8H,1-2H3;2*2H. The van der Waals surface area contributed by atoms with Gasteiger partial charge in [0.25, 0.3) is 0 Å². The fourth-order valence-corrected chi connectivity index (χ4v) is 2.29. The van der Waals surface area contributed by atoms with Crippen LogP contribution in [0, 0.1) is 10.8 Å². The first kappa shape index (κ1) is 16.9. The van der Waals surface area contributed by atoms with Gasteiger partial charge in [-0.1, -0.05) is 24.3 Å². The Morgan fingerprint density at radius 1 is 0.818 bits per heavy atom. The van der Waals surface area contributed by atoms with Crippen LogP contribution < -0.4 is 9.47 Å². The van der Waals surface area contributed by atoms with Crippen molar-refractivity contribution < 1.29 is 19.1 Å². The fourth-order valence-electron chi connectivity index (χ4n) is 2.29. The minimum absolute atomic E-state index is 0.750. The van der Waals surface area contributed by atoms with E-state index in [0.717, 1.165) is 29.2 Å². The van der Waals surface area contributed by atoms with E-state index in [9.17, 15) is 0 Å². The third-order valence-electron chi connectivity index (χ3n) is 3.03. The smallest absolute Gasteiger partial charge is 0.231 e. The van der Waals surface area contributed by atoms with Crippen LogP contribution in [0.15, 0.2) is 36.4 Å². The summed E-state index contributed by atoms with van der Waals surface area (Å²) in [5.74, 6) is 1.62. The van der Waals surface area contributed by atoms with Gasteiger partial charge in [-0.3, -0.25) is 0 Å². The van der Waals surface area contributed by atoms with Gasteiger partial charge in [-0.05, 0) is 28.8 Å². The van der Waals surface area contributed by atoms with E-state index in [4.69, 9.17) is 29.9 Å². The van der Waals surface area contributed by atoms with Crippen molar-refractivity contribution in [3.63, 3.8) is 0 Å². The molecule has 0 unspecified atom stereocenters. The Hall–Kier alpha value is -3.20. The Bertz CT molecular complexity index is 717. The molecule has 0 saturated heterocycles. The number of isocyanates is 2. The van der Waals surface area contributed by atoms with Crippen LogP contribution in [-0.2, 0) is 9.59 Å². The van der Waals surface area contributed by atoms with Crippen LogP contribution in [-0.4, -0.2) is 26.4 Å². The molecule has 1 aliphatic rings. The van der Waals surface area contributed by atoms with Crippen molar-refractivity contribution in [2.75, 3.05) is 14.2 Å². The molecule has 6 nitrogen and oxygen atoms in total. The van der Waals surface area contributed by atoms with Gasteiger partial charge in [-0.15, -0.1) is 0 Å². The van der Waals surface area contributed by atoms with E-state index in [2.05, 4.69) is 24.3 Å². The zero-order valence-electron chi connectivity index (χ0n) is 12.1. The molecule has 0 amide bonds. The number of methoxy groups -OCH3 is 2. The van der Waals surface area contributed by atoms with Gasteiger partial charge in [0.1, 0.15) is 0 Å². The van der Waals surface area contributed by atoms with Crippen molar-refractivity contribution in [1.82, 2.24) is 0 Å². The molecule has 1 aliphatic carbocycles. The number of ether oxygens (including phenoxy) is 2. The summed E-state index contributed by atoms with van der Waals surface area (Å²) < 4.78 is 10.7. The van der Waals surface area contributed by atoms with E-state index < -0.39 is 0 Å². The Kier molecular flexibility index (Phi) is 6.26. The molecule has 6 heteroatoms. The maximum Gasteiger partial charge on any atom is 0.231 e. The van der Waals surface area contributed by atoms with Gasteiger partial charge in [-0.25, -0.2) is 20.4 Å². The van der Waals surface area contributed by atoms with Crippen molar-refractivity contribution in [1.29, 1.82) is 10.8 Å². The topological polar surface area (TPSA) is 100 Å². The first-order chi connectivity index (χ1) is 10.7. The molecule has 22 heavy (non-hydrogen) atoms. The lowest BCUT2D eigenvalue weighted by molar-refractivity contribution is 0.356. The van der Waals surface area contributed by atoms with Gasteiger partial charge < -0.3 is 9.47 Å². The van der Waals surface area contributed by atoms with E-state index in [1.807, 2.05) is 12.1 Å². The molecule has 0 spiro atoms. The third-order valence-corrected chi connectivity index (χ3v) is 3.03. The minimum atomic E-state index is 0.750. The second-order valence-corrected chi connectivity index (χ2v) is 3.97. The molecule has 0 atom stereocenters. The number of benzene rings is 2. The van der Waals surface area contributed by atoms with Gasteiger partial charge in [0, 0.05) is 5.56 Å². The Morgan fingerprint density at radius 2 is 1.36 bits per heavy atom. The Morgan fingerprint density at radius 3 is 1.86 bits per heavy atom. The lowest BCUT2D eigenvalue weighted by Gasteiger charge is -2.26. The van der Waals surface area contributed by atoms with Crippen LogP contribution >= 0.6 is 0 Å². The molecule has 3 rings (SSSR count). The van der Waals surface area contributed by atoms with Crippen molar-refractivity contribution in [3.05, 3.63) is 36.4 Å². The van der Waals surface area contributed by atoms with Crippen LogP contribution in [0.2, 0.25) is 0 Å². The fraction of sp³-hybridized carbons (Fsp3) is 0.125. The Labute approximate surface area is 127 Å². The number of rotatable bonds is 2. The molecule has 2 aromatic rings. The summed E-state index contributed by atoms with van der Waals surface area (Å²) in [7, 11) is 3.34. The molecular weight excluding hydrogens is 284 g/mol. The predicted octanol–water partition coefficient (Wildman–Crippen LogP) is 3.15. The molecule has 0 saturated carbocycles. The van der Waals surface area contributed by atoms with Crippen molar-refractivity contribution in [3.8, 4) is 33.8 Å². The summed E-state index contributed by atoms with van der Waals surface area (Å²) >= 11 is 0. The molecule has 2 N–H and O–H groups in total. The third kappa shape index (κ3) is 3.10. The summed E-state index contributed by atoms with van der Waals surface area (Å²) in [5, 5.41) is 10.8. The van der Waals surface area contributed by atoms with Gasteiger partial charge in [0.2, 0.25) is 12.2 Å². The highest BCUT2D eigenvalue weighted by Gasteiger charge is 2.27. The van der Waals surface area contributed by atoms with Crippen molar-refractivity contribution in [2.24, 2.45) is 0 Å². The maximum absolute atomic E-state index is 8.35. The van der Waals surface area contributed by atoms with Crippen LogP contribution in [0.25, 0.3) is 22.3 Å². The van der Waals surface area contributed by atoms with E-state index >= 15 is 0 Å². The Balaban J connectivity index is 0.000000353. The second kappa shape index (κ2) is 8.17. The van der Waals surface area contributed by atoms with Crippen molar-refractivity contribution >= 4 is 12.2 Å². The zero-order valence-corrected chi connectivity index (χ0v) is 12.1. The first-order valence-corrected chi connectivity index (χ1v) is 6.12. The predicted molar refractivity (Wildman–Crippen MR) is 80.8 cm³/mol. The van der Waals surface area contributed by atoms with E-state index in [0.29, 0.717) is 0 Å². The van der Waals surface area contributed by atoms with E-state index in [1.165, 1.54) is 16.7 Å². The molecule has 0 bridgehead atoms. The summed E-state index contributed by atoms with van der Waals surface area (Å²) in [6, 6.07) is 12.4. The van der Waals surface area contributed by atoms with Crippen LogP contribution in [0.1, 0.15) is 0 Å². The summed E-state index contributed by atoms with van der Waals surface area (Å²) in [6.45, 7) is 0. The van der Waals surface area contributed by atoms with Crippen LogP contribution in [0.5, 0.6) is 11.5 Å². The summed E-state index contributed by atoms with van der Waals surface area (Å²) in [4.78, 5) is 16.7. The molecule has 0 aromatic heterocycles. The van der Waals surface area contributed by atoms with Gasteiger partial charge in [0.05, 0.1) is 14.2 Å². The average Bonchev–Trinajstić information content (AvgIpc) is 2.52. The highest BCUT2D eigenvalue weighted by molar-refractivity contribution is 6.05. The van der Waals surface area contributed by atoms with Gasteiger partial charge in [0.15, 0.2) is 11.5 Å². The minimum Gasteiger partial charge on any atom is -0.493 e. The van der Waals surface area contributed by atoms with Crippen LogP contribution in [0.3, 0.4) is 0 Å². The normalized spacial score (nSPS) is 8.82. The van der Waals surface area contributed by atoms with Gasteiger partial charge in [-0.2, -0.15) is 0 Å². The highest BCUT2D eigenvalue weighted by atomic mass is 16.5. The number of nitrogens with one attached hydrogen (secondary N) is 2. The average molecular weight is 298 g/mol. The molecule has 2 aromatic carbocycles.